The molecule has 0 saturated heterocycles. The molecule has 0 fully saturated rings. The Kier molecular flexibility index (Phi) is 5.31. The number of carbonyl (C=O) groups is 1. The van der Waals surface area contributed by atoms with Gasteiger partial charge >= 0.3 is 0 Å². The van der Waals surface area contributed by atoms with Crippen molar-refractivity contribution in [3.8, 4) is 5.75 Å². The molecule has 0 aromatic heterocycles. The fourth-order valence-electron chi connectivity index (χ4n) is 1.76. The maximum absolute atomic E-state index is 11.8. The molecule has 110 valence electrons. The van der Waals surface area contributed by atoms with Crippen molar-refractivity contribution < 1.29 is 14.6 Å². The van der Waals surface area contributed by atoms with Crippen LogP contribution in [0.5, 0.6) is 5.75 Å². The molecule has 1 amide bonds. The first-order valence-electron chi connectivity index (χ1n) is 6.62. The predicted molar refractivity (Wildman–Crippen MR) is 80.8 cm³/mol. The third-order valence-corrected chi connectivity index (χ3v) is 2.95. The summed E-state index contributed by atoms with van der Waals surface area (Å²) in [6.07, 6.45) is 0. The van der Waals surface area contributed by atoms with Gasteiger partial charge in [0.05, 0.1) is 6.61 Å². The van der Waals surface area contributed by atoms with Crippen LogP contribution in [0, 0.1) is 0 Å². The number of ether oxygens (including phenoxy) is 1. The molecule has 0 bridgehead atoms. The third kappa shape index (κ3) is 4.59. The summed E-state index contributed by atoms with van der Waals surface area (Å²) in [5.41, 5.74) is 8.02. The maximum atomic E-state index is 11.8. The summed E-state index contributed by atoms with van der Waals surface area (Å²) in [7, 11) is 0. The second-order valence-electron chi connectivity index (χ2n) is 4.54. The van der Waals surface area contributed by atoms with E-state index in [-0.39, 0.29) is 19.1 Å². The molecule has 21 heavy (non-hydrogen) atoms. The fraction of sp³-hybridized carbons (Fsp3) is 0.188. The highest BCUT2D eigenvalue weighted by Gasteiger charge is 2.04. The average molecular weight is 286 g/mol. The zero-order chi connectivity index (χ0) is 15.1. The molecule has 2 aromatic rings. The number of benzene rings is 2. The van der Waals surface area contributed by atoms with Gasteiger partial charge in [-0.2, -0.15) is 0 Å². The van der Waals surface area contributed by atoms with Gasteiger partial charge in [-0.1, -0.05) is 24.3 Å². The largest absolute Gasteiger partial charge is 0.484 e. The smallest absolute Gasteiger partial charge is 0.262 e. The molecule has 0 atom stereocenters. The highest BCUT2D eigenvalue weighted by molar-refractivity contribution is 5.91. The standard InChI is InChI=1S/C16H18N2O3/c17-9-12-1-5-14(6-2-12)18-16(20)11-21-15-7-3-13(10-19)4-8-15/h1-8,19H,9-11,17H2,(H,18,20). The van der Waals surface area contributed by atoms with E-state index < -0.39 is 0 Å². The molecule has 0 aliphatic carbocycles. The van der Waals surface area contributed by atoms with E-state index in [1.54, 1.807) is 36.4 Å². The number of aliphatic hydroxyl groups excluding tert-OH is 1. The van der Waals surface area contributed by atoms with Crippen molar-refractivity contribution in [2.45, 2.75) is 13.2 Å². The zero-order valence-corrected chi connectivity index (χ0v) is 11.6. The van der Waals surface area contributed by atoms with Crippen LogP contribution < -0.4 is 15.8 Å². The zero-order valence-electron chi connectivity index (χ0n) is 11.6. The van der Waals surface area contributed by atoms with Crippen molar-refractivity contribution in [2.75, 3.05) is 11.9 Å². The summed E-state index contributed by atoms with van der Waals surface area (Å²) >= 11 is 0. The Bertz CT molecular complexity index is 579. The Morgan fingerprint density at radius 3 is 2.24 bits per heavy atom. The topological polar surface area (TPSA) is 84.6 Å². The molecule has 0 heterocycles. The number of hydrogen-bond donors (Lipinski definition) is 3. The minimum absolute atomic E-state index is 0.0143. The van der Waals surface area contributed by atoms with Crippen LogP contribution in [0.3, 0.4) is 0 Å². The monoisotopic (exact) mass is 286 g/mol. The molecule has 4 N–H and O–H groups in total. The maximum Gasteiger partial charge on any atom is 0.262 e. The average Bonchev–Trinajstić information content (AvgIpc) is 2.54. The van der Waals surface area contributed by atoms with Crippen LogP contribution >= 0.6 is 0 Å². The number of nitrogens with two attached hydrogens (primary N) is 1. The van der Waals surface area contributed by atoms with Crippen molar-refractivity contribution in [1.82, 2.24) is 0 Å². The van der Waals surface area contributed by atoms with Crippen molar-refractivity contribution in [3.05, 3.63) is 59.7 Å². The third-order valence-electron chi connectivity index (χ3n) is 2.95. The van der Waals surface area contributed by atoms with Gasteiger partial charge in [-0.05, 0) is 35.4 Å². The SMILES string of the molecule is NCc1ccc(NC(=O)COc2ccc(CO)cc2)cc1. The lowest BCUT2D eigenvalue weighted by Crippen LogP contribution is -2.20. The molecule has 5 nitrogen and oxygen atoms in total. The van der Waals surface area contributed by atoms with Crippen LogP contribution in [0.15, 0.2) is 48.5 Å². The molecular formula is C16H18N2O3. The molecule has 5 heteroatoms. The molecule has 0 radical (unpaired) electrons. The summed E-state index contributed by atoms with van der Waals surface area (Å²) < 4.78 is 5.37. The van der Waals surface area contributed by atoms with Gasteiger partial charge in [0.15, 0.2) is 6.61 Å². The summed E-state index contributed by atoms with van der Waals surface area (Å²) in [4.78, 5) is 11.8. The molecule has 0 saturated carbocycles. The van der Waals surface area contributed by atoms with Crippen LogP contribution in [0.2, 0.25) is 0 Å². The number of anilines is 1. The van der Waals surface area contributed by atoms with Gasteiger partial charge in [0, 0.05) is 12.2 Å². The van der Waals surface area contributed by atoms with Crippen LogP contribution in [0.25, 0.3) is 0 Å². The Morgan fingerprint density at radius 2 is 1.67 bits per heavy atom. The molecule has 0 aliphatic rings. The number of nitrogens with one attached hydrogen (secondary N) is 1. The van der Waals surface area contributed by atoms with Gasteiger partial charge in [-0.25, -0.2) is 0 Å². The van der Waals surface area contributed by atoms with Crippen LogP contribution in [0.1, 0.15) is 11.1 Å². The first-order chi connectivity index (χ1) is 10.2. The Hall–Kier alpha value is -2.37. The number of amides is 1. The molecule has 0 unspecified atom stereocenters. The Balaban J connectivity index is 1.83. The normalized spacial score (nSPS) is 10.2. The molecule has 0 spiro atoms. The number of carbonyl (C=O) groups excluding carboxylic acids is 1. The molecule has 2 rings (SSSR count). The summed E-state index contributed by atoms with van der Waals surface area (Å²) in [5, 5.41) is 11.7. The van der Waals surface area contributed by atoms with Gasteiger partial charge in [0.2, 0.25) is 0 Å². The van der Waals surface area contributed by atoms with E-state index in [0.717, 1.165) is 11.1 Å². The fourth-order valence-corrected chi connectivity index (χ4v) is 1.76. The summed E-state index contributed by atoms with van der Waals surface area (Å²) in [6, 6.07) is 14.3. The van der Waals surface area contributed by atoms with Crippen molar-refractivity contribution in [1.29, 1.82) is 0 Å². The second kappa shape index (κ2) is 7.42. The molecule has 0 aliphatic heterocycles. The van der Waals surface area contributed by atoms with Crippen molar-refractivity contribution in [2.24, 2.45) is 5.73 Å². The first kappa shape index (κ1) is 15.0. The van der Waals surface area contributed by atoms with Crippen LogP contribution in [-0.4, -0.2) is 17.6 Å². The van der Waals surface area contributed by atoms with Gasteiger partial charge in [-0.15, -0.1) is 0 Å². The van der Waals surface area contributed by atoms with Crippen molar-refractivity contribution >= 4 is 11.6 Å². The van der Waals surface area contributed by atoms with Crippen LogP contribution in [0.4, 0.5) is 5.69 Å². The molecule has 2 aromatic carbocycles. The number of aliphatic hydroxyl groups is 1. The van der Waals surface area contributed by atoms with Gasteiger partial charge in [-0.3, -0.25) is 4.79 Å². The van der Waals surface area contributed by atoms with Gasteiger partial charge < -0.3 is 20.9 Å². The second-order valence-corrected chi connectivity index (χ2v) is 4.54. The Labute approximate surface area is 123 Å². The van der Waals surface area contributed by atoms with E-state index in [1.807, 2.05) is 12.1 Å². The highest BCUT2D eigenvalue weighted by atomic mass is 16.5. The van der Waals surface area contributed by atoms with Gasteiger partial charge in [0.1, 0.15) is 5.75 Å². The van der Waals surface area contributed by atoms with E-state index >= 15 is 0 Å². The van der Waals surface area contributed by atoms with E-state index in [0.29, 0.717) is 18.0 Å². The number of rotatable bonds is 6. The summed E-state index contributed by atoms with van der Waals surface area (Å²) in [6.45, 7) is 0.387. The summed E-state index contributed by atoms with van der Waals surface area (Å²) in [5.74, 6) is 0.350. The van der Waals surface area contributed by atoms with Crippen LogP contribution in [-0.2, 0) is 17.9 Å². The highest BCUT2D eigenvalue weighted by Crippen LogP contribution is 2.13. The minimum atomic E-state index is -0.235. The van der Waals surface area contributed by atoms with E-state index in [4.69, 9.17) is 15.6 Å². The quantitative estimate of drug-likeness (QED) is 0.754. The first-order valence-corrected chi connectivity index (χ1v) is 6.62. The van der Waals surface area contributed by atoms with E-state index in [9.17, 15) is 4.79 Å². The lowest BCUT2D eigenvalue weighted by Gasteiger charge is -2.08. The van der Waals surface area contributed by atoms with E-state index in [2.05, 4.69) is 5.32 Å². The minimum Gasteiger partial charge on any atom is -0.484 e. The number of hydrogen-bond acceptors (Lipinski definition) is 4. The molecular weight excluding hydrogens is 268 g/mol. The van der Waals surface area contributed by atoms with E-state index in [1.165, 1.54) is 0 Å². The van der Waals surface area contributed by atoms with Crippen molar-refractivity contribution in [3.63, 3.8) is 0 Å². The van der Waals surface area contributed by atoms with Gasteiger partial charge in [0.25, 0.3) is 5.91 Å². The lowest BCUT2D eigenvalue weighted by atomic mass is 10.2. The Morgan fingerprint density at radius 1 is 1.05 bits per heavy atom. The predicted octanol–water partition coefficient (Wildman–Crippen LogP) is 1.66. The lowest BCUT2D eigenvalue weighted by molar-refractivity contribution is -0.118.